The third-order valence-corrected chi connectivity index (χ3v) is 12.0. The van der Waals surface area contributed by atoms with E-state index in [2.05, 4.69) is 112 Å². The Hall–Kier alpha value is -1.99. The van der Waals surface area contributed by atoms with E-state index >= 15 is 0 Å². The van der Waals surface area contributed by atoms with Gasteiger partial charge in [0.25, 0.3) is 0 Å². The summed E-state index contributed by atoms with van der Waals surface area (Å²) in [5.74, 6) is -0.0868. The fourth-order valence-corrected chi connectivity index (χ4v) is 10.8. The molecule has 1 aliphatic heterocycles. The van der Waals surface area contributed by atoms with Crippen molar-refractivity contribution in [1.82, 2.24) is 0 Å². The van der Waals surface area contributed by atoms with Crippen LogP contribution < -0.4 is 15.9 Å². The number of ether oxygens (including phenoxy) is 1. The van der Waals surface area contributed by atoms with Crippen LogP contribution in [0, 0.1) is 0 Å². The van der Waals surface area contributed by atoms with Gasteiger partial charge >= 0.3 is 162 Å². The van der Waals surface area contributed by atoms with Crippen molar-refractivity contribution < 1.29 is 9.26 Å². The molecule has 0 spiro atoms. The van der Waals surface area contributed by atoms with Crippen molar-refractivity contribution in [2.75, 3.05) is 6.61 Å². The molecule has 1 heterocycles. The molecule has 1 unspecified atom stereocenters. The molecule has 1 saturated heterocycles. The predicted molar refractivity (Wildman–Crippen MR) is 116 cm³/mol. The standard InChI is InChI=1S/C24H27O2P/c1-20-25-19-24(2,3)26-27(20,21-13-7-4-8-14-21,22-15-9-5-10-16-22)23-17-11-6-12-18-23/h4-18,20H,19H2,1-3H3. The molecule has 0 amide bonds. The van der Waals surface area contributed by atoms with Crippen molar-refractivity contribution >= 4 is 22.7 Å². The van der Waals surface area contributed by atoms with Gasteiger partial charge in [0.1, 0.15) is 0 Å². The molecule has 3 aromatic carbocycles. The Bertz CT molecular complexity index is 807. The Labute approximate surface area is 162 Å². The third-order valence-electron chi connectivity index (χ3n) is 5.61. The second kappa shape index (κ2) is 6.56. The van der Waals surface area contributed by atoms with E-state index in [0.717, 1.165) is 0 Å². The molecule has 0 aromatic heterocycles. The first-order valence-electron chi connectivity index (χ1n) is 9.50. The van der Waals surface area contributed by atoms with Gasteiger partial charge in [-0.05, 0) is 0 Å². The molecular formula is C24H27O2P. The van der Waals surface area contributed by atoms with Crippen molar-refractivity contribution in [3.05, 3.63) is 91.0 Å². The second-order valence-corrected chi connectivity index (χ2v) is 12.5. The molecule has 3 aromatic rings. The molecule has 0 aliphatic carbocycles. The Balaban J connectivity index is 2.20. The topological polar surface area (TPSA) is 18.5 Å². The summed E-state index contributed by atoms with van der Waals surface area (Å²) in [7, 11) is 0. The maximum atomic E-state index is 7.33. The molecule has 1 aliphatic rings. The normalized spacial score (nSPS) is 24.4. The van der Waals surface area contributed by atoms with Crippen LogP contribution in [0.1, 0.15) is 20.8 Å². The van der Waals surface area contributed by atoms with Crippen LogP contribution in [0.2, 0.25) is 0 Å². The Kier molecular flexibility index (Phi) is 4.47. The molecule has 0 saturated carbocycles. The van der Waals surface area contributed by atoms with E-state index in [-0.39, 0.29) is 5.85 Å². The Morgan fingerprint density at radius 3 is 1.44 bits per heavy atom. The number of hydrogen-bond donors (Lipinski definition) is 0. The van der Waals surface area contributed by atoms with Gasteiger partial charge in [-0.15, -0.1) is 0 Å². The molecule has 140 valence electrons. The third kappa shape index (κ3) is 2.59. The van der Waals surface area contributed by atoms with Crippen LogP contribution in [0.4, 0.5) is 0 Å². The average Bonchev–Trinajstić information content (AvgIpc) is 2.72. The fraction of sp³-hybridized carbons (Fsp3) is 0.250. The molecule has 1 atom stereocenters. The summed E-state index contributed by atoms with van der Waals surface area (Å²) < 4.78 is 13.8. The molecule has 1 fully saturated rings. The van der Waals surface area contributed by atoms with E-state index in [1.807, 2.05) is 0 Å². The quantitative estimate of drug-likeness (QED) is 0.620. The van der Waals surface area contributed by atoms with Gasteiger partial charge in [-0.2, -0.15) is 0 Å². The van der Waals surface area contributed by atoms with Crippen molar-refractivity contribution in [1.29, 1.82) is 0 Å². The van der Waals surface area contributed by atoms with Crippen LogP contribution in [0.15, 0.2) is 91.0 Å². The van der Waals surface area contributed by atoms with Gasteiger partial charge in [0.2, 0.25) is 0 Å². The monoisotopic (exact) mass is 378 g/mol. The van der Waals surface area contributed by atoms with Crippen LogP contribution in [-0.2, 0) is 9.26 Å². The fourth-order valence-electron chi connectivity index (χ4n) is 4.48. The van der Waals surface area contributed by atoms with E-state index in [0.29, 0.717) is 6.61 Å². The van der Waals surface area contributed by atoms with Gasteiger partial charge in [0, 0.05) is 0 Å². The average molecular weight is 378 g/mol. The summed E-state index contributed by atoms with van der Waals surface area (Å²) in [6.45, 7) is 3.69. The number of rotatable bonds is 3. The van der Waals surface area contributed by atoms with Crippen LogP contribution >= 0.6 is 6.83 Å². The minimum absolute atomic E-state index is 0.0868. The maximum absolute atomic E-state index is 7.33. The summed E-state index contributed by atoms with van der Waals surface area (Å²) in [4.78, 5) is 0. The van der Waals surface area contributed by atoms with Crippen LogP contribution in [0.25, 0.3) is 0 Å². The van der Waals surface area contributed by atoms with E-state index in [1.165, 1.54) is 15.9 Å². The van der Waals surface area contributed by atoms with E-state index in [4.69, 9.17) is 9.26 Å². The molecule has 0 radical (unpaired) electrons. The molecule has 0 bridgehead atoms. The summed E-state index contributed by atoms with van der Waals surface area (Å²) in [6.07, 6.45) is 0. The van der Waals surface area contributed by atoms with Gasteiger partial charge in [0.05, 0.1) is 0 Å². The van der Waals surface area contributed by atoms with Gasteiger partial charge in [-0.25, -0.2) is 0 Å². The van der Waals surface area contributed by atoms with Gasteiger partial charge in [0.15, 0.2) is 0 Å². The van der Waals surface area contributed by atoms with Gasteiger partial charge < -0.3 is 0 Å². The van der Waals surface area contributed by atoms with Gasteiger partial charge in [-0.1, -0.05) is 0 Å². The van der Waals surface area contributed by atoms with Crippen molar-refractivity contribution in [2.24, 2.45) is 0 Å². The zero-order valence-electron chi connectivity index (χ0n) is 16.2. The van der Waals surface area contributed by atoms with Crippen molar-refractivity contribution in [3.63, 3.8) is 0 Å². The summed E-state index contributed by atoms with van der Waals surface area (Å²) in [5, 5.41) is 3.63. The summed E-state index contributed by atoms with van der Waals surface area (Å²) in [6, 6.07) is 32.1. The van der Waals surface area contributed by atoms with E-state index in [1.54, 1.807) is 0 Å². The first-order chi connectivity index (χ1) is 13.0. The first kappa shape index (κ1) is 18.4. The molecular weight excluding hydrogens is 351 g/mol. The first-order valence-corrected chi connectivity index (χ1v) is 11.7. The van der Waals surface area contributed by atoms with E-state index in [9.17, 15) is 0 Å². The summed E-state index contributed by atoms with van der Waals surface area (Å²) >= 11 is 0. The SMILES string of the molecule is CC1OCC(C)(C)OP1(c1ccccc1)(c1ccccc1)c1ccccc1. The van der Waals surface area contributed by atoms with Crippen molar-refractivity contribution in [2.45, 2.75) is 32.2 Å². The van der Waals surface area contributed by atoms with E-state index < -0.39 is 12.4 Å². The van der Waals surface area contributed by atoms with Crippen LogP contribution in [0.3, 0.4) is 0 Å². The van der Waals surface area contributed by atoms with Crippen LogP contribution in [0.5, 0.6) is 0 Å². The Morgan fingerprint density at radius 2 is 1.07 bits per heavy atom. The number of benzene rings is 3. The van der Waals surface area contributed by atoms with Gasteiger partial charge in [-0.3, -0.25) is 0 Å². The zero-order chi connectivity index (χ0) is 19.0. The molecule has 27 heavy (non-hydrogen) atoms. The molecule has 4 rings (SSSR count). The minimum atomic E-state index is -3.34. The van der Waals surface area contributed by atoms with Crippen molar-refractivity contribution in [3.8, 4) is 0 Å². The zero-order valence-corrected chi connectivity index (χ0v) is 17.1. The summed E-state index contributed by atoms with van der Waals surface area (Å²) in [5.41, 5.74) is -0.397. The second-order valence-electron chi connectivity index (χ2n) is 7.87. The van der Waals surface area contributed by atoms with Crippen LogP contribution in [-0.4, -0.2) is 18.1 Å². The molecule has 2 nitrogen and oxygen atoms in total. The Morgan fingerprint density at radius 1 is 0.704 bits per heavy atom. The molecule has 0 N–H and O–H groups in total. The predicted octanol–water partition coefficient (Wildman–Crippen LogP) is 4.60. The number of hydrogen-bond acceptors (Lipinski definition) is 2. The molecule has 3 heteroatoms.